The lowest BCUT2D eigenvalue weighted by Crippen LogP contribution is -2.47. The molecule has 0 radical (unpaired) electrons. The topological polar surface area (TPSA) is 99.8 Å². The molecule has 0 heterocycles. The molecule has 1 aromatic rings. The van der Waals surface area contributed by atoms with Crippen LogP contribution in [0.3, 0.4) is 0 Å². The van der Waals surface area contributed by atoms with Gasteiger partial charge in [0.05, 0.1) is 19.7 Å². The molecule has 0 aliphatic rings. The first-order valence-corrected chi connectivity index (χ1v) is 9.29. The molecule has 0 spiro atoms. The molecule has 0 fully saturated rings. The van der Waals surface area contributed by atoms with Crippen molar-refractivity contribution in [3.8, 4) is 0 Å². The van der Waals surface area contributed by atoms with Crippen molar-refractivity contribution in [3.63, 3.8) is 0 Å². The van der Waals surface area contributed by atoms with Gasteiger partial charge in [0, 0.05) is 24.0 Å². The van der Waals surface area contributed by atoms with E-state index in [4.69, 9.17) is 4.74 Å². The van der Waals surface area contributed by atoms with Crippen LogP contribution in [0.4, 0.5) is 16.2 Å². The molecule has 3 amide bonds. The Balaban J connectivity index is 2.50. The van der Waals surface area contributed by atoms with Gasteiger partial charge in [-0.1, -0.05) is 19.9 Å². The van der Waals surface area contributed by atoms with Crippen LogP contribution in [0.1, 0.15) is 34.6 Å². The highest BCUT2D eigenvalue weighted by Crippen LogP contribution is 2.15. The Labute approximate surface area is 167 Å². The lowest BCUT2D eigenvalue weighted by molar-refractivity contribution is -0.133. The summed E-state index contributed by atoms with van der Waals surface area (Å²) in [7, 11) is 1.58. The maximum Gasteiger partial charge on any atom is 0.411 e. The summed E-state index contributed by atoms with van der Waals surface area (Å²) in [6.07, 6.45) is -0.522. The maximum absolute atomic E-state index is 12.2. The molecule has 0 aliphatic carbocycles. The summed E-state index contributed by atoms with van der Waals surface area (Å²) in [6, 6.07) is 6.97. The summed E-state index contributed by atoms with van der Waals surface area (Å²) < 4.78 is 5.08. The van der Waals surface area contributed by atoms with Gasteiger partial charge in [-0.2, -0.15) is 0 Å². The number of likely N-dealkylation sites (N-methyl/N-ethyl adjacent to an activating group) is 1. The number of nitrogens with zero attached hydrogens (tertiary/aromatic N) is 1. The molecule has 3 N–H and O–H groups in total. The van der Waals surface area contributed by atoms with E-state index in [0.717, 1.165) is 0 Å². The molecular formula is C20H32N4O4. The molecule has 0 saturated carbocycles. The Morgan fingerprint density at radius 1 is 1.14 bits per heavy atom. The normalized spacial score (nSPS) is 11.0. The van der Waals surface area contributed by atoms with E-state index in [1.165, 1.54) is 4.90 Å². The molecule has 0 aliphatic heterocycles. The number of nitrogens with one attached hydrogen (secondary N) is 3. The van der Waals surface area contributed by atoms with Crippen LogP contribution in [0.15, 0.2) is 24.3 Å². The Morgan fingerprint density at radius 2 is 1.79 bits per heavy atom. The van der Waals surface area contributed by atoms with Gasteiger partial charge in [0.2, 0.25) is 11.8 Å². The zero-order chi connectivity index (χ0) is 21.3. The quantitative estimate of drug-likeness (QED) is 0.632. The number of amides is 3. The van der Waals surface area contributed by atoms with Gasteiger partial charge < -0.3 is 20.3 Å². The molecule has 8 heteroatoms. The van der Waals surface area contributed by atoms with Crippen LogP contribution in [0.2, 0.25) is 0 Å². The Kier molecular flexibility index (Phi) is 8.76. The number of hydrogen-bond donors (Lipinski definition) is 3. The monoisotopic (exact) mass is 392 g/mol. The smallest absolute Gasteiger partial charge is 0.411 e. The predicted molar refractivity (Wildman–Crippen MR) is 110 cm³/mol. The highest BCUT2D eigenvalue weighted by Gasteiger charge is 2.17. The second-order valence-corrected chi connectivity index (χ2v) is 8.10. The standard InChI is InChI=1S/C20H32N4O4/c1-14(2)13-28-19(27)22-16-9-7-8-15(10-16)21-11-18(26)24(6)12-17(25)23-20(3,4)5/h7-10,14,21H,11-13H2,1-6H3,(H,22,27)(H,23,25). The third kappa shape index (κ3) is 9.80. The largest absolute Gasteiger partial charge is 0.449 e. The fourth-order valence-electron chi connectivity index (χ4n) is 2.18. The van der Waals surface area contributed by atoms with Crippen LogP contribution in [-0.4, -0.2) is 55.1 Å². The molecular weight excluding hydrogens is 360 g/mol. The van der Waals surface area contributed by atoms with Gasteiger partial charge >= 0.3 is 6.09 Å². The summed E-state index contributed by atoms with van der Waals surface area (Å²) in [4.78, 5) is 37.2. The fraction of sp³-hybridized carbons (Fsp3) is 0.550. The number of carbonyl (C=O) groups is 3. The van der Waals surface area contributed by atoms with Crippen molar-refractivity contribution in [1.29, 1.82) is 0 Å². The first-order chi connectivity index (χ1) is 13.0. The van der Waals surface area contributed by atoms with Crippen LogP contribution in [0, 0.1) is 5.92 Å². The molecule has 1 aromatic carbocycles. The highest BCUT2D eigenvalue weighted by atomic mass is 16.5. The average molecular weight is 393 g/mol. The first kappa shape index (κ1) is 23.3. The van der Waals surface area contributed by atoms with Gasteiger partial charge in [0.1, 0.15) is 0 Å². The first-order valence-electron chi connectivity index (χ1n) is 9.29. The zero-order valence-electron chi connectivity index (χ0n) is 17.6. The van der Waals surface area contributed by atoms with Gasteiger partial charge in [-0.05, 0) is 44.9 Å². The number of anilines is 2. The second-order valence-electron chi connectivity index (χ2n) is 8.10. The summed E-state index contributed by atoms with van der Waals surface area (Å²) in [5, 5.41) is 8.46. The van der Waals surface area contributed by atoms with E-state index in [9.17, 15) is 14.4 Å². The van der Waals surface area contributed by atoms with E-state index in [1.54, 1.807) is 31.3 Å². The van der Waals surface area contributed by atoms with Crippen molar-refractivity contribution in [1.82, 2.24) is 10.2 Å². The molecule has 0 atom stereocenters. The van der Waals surface area contributed by atoms with E-state index < -0.39 is 6.09 Å². The Bertz CT molecular complexity index is 683. The predicted octanol–water partition coefficient (Wildman–Crippen LogP) is 2.68. The van der Waals surface area contributed by atoms with Gasteiger partial charge in [0.25, 0.3) is 0 Å². The number of ether oxygens (including phenoxy) is 1. The van der Waals surface area contributed by atoms with E-state index in [-0.39, 0.29) is 36.4 Å². The second kappa shape index (κ2) is 10.5. The SMILES string of the molecule is CC(C)COC(=O)Nc1cccc(NCC(=O)N(C)CC(=O)NC(C)(C)C)c1. The van der Waals surface area contributed by atoms with Gasteiger partial charge in [-0.15, -0.1) is 0 Å². The van der Waals surface area contributed by atoms with Crippen LogP contribution in [0.25, 0.3) is 0 Å². The number of hydrogen-bond acceptors (Lipinski definition) is 5. The van der Waals surface area contributed by atoms with Gasteiger partial charge in [-0.3, -0.25) is 14.9 Å². The lowest BCUT2D eigenvalue weighted by Gasteiger charge is -2.23. The molecule has 28 heavy (non-hydrogen) atoms. The number of benzene rings is 1. The highest BCUT2D eigenvalue weighted by molar-refractivity contribution is 5.88. The molecule has 0 unspecified atom stereocenters. The van der Waals surface area contributed by atoms with Crippen molar-refractivity contribution < 1.29 is 19.1 Å². The molecule has 1 rings (SSSR count). The van der Waals surface area contributed by atoms with Crippen molar-refractivity contribution in [2.45, 2.75) is 40.2 Å². The minimum absolute atomic E-state index is 0.0128. The fourth-order valence-corrected chi connectivity index (χ4v) is 2.18. The number of carbonyl (C=O) groups excluding carboxylic acids is 3. The Hall–Kier alpha value is -2.77. The molecule has 156 valence electrons. The average Bonchev–Trinajstić information content (AvgIpc) is 2.56. The summed E-state index contributed by atoms with van der Waals surface area (Å²) in [6.45, 7) is 9.92. The Morgan fingerprint density at radius 3 is 2.39 bits per heavy atom. The molecule has 0 saturated heterocycles. The van der Waals surface area contributed by atoms with Crippen LogP contribution in [-0.2, 0) is 14.3 Å². The summed E-state index contributed by atoms with van der Waals surface area (Å²) in [5.41, 5.74) is 0.884. The number of rotatable bonds is 8. The van der Waals surface area contributed by atoms with Crippen LogP contribution in [0.5, 0.6) is 0 Å². The summed E-state index contributed by atoms with van der Waals surface area (Å²) >= 11 is 0. The van der Waals surface area contributed by atoms with E-state index >= 15 is 0 Å². The van der Waals surface area contributed by atoms with Crippen LogP contribution >= 0.6 is 0 Å². The third-order valence-corrected chi connectivity index (χ3v) is 3.42. The lowest BCUT2D eigenvalue weighted by atomic mass is 10.1. The van der Waals surface area contributed by atoms with Crippen molar-refractivity contribution in [3.05, 3.63) is 24.3 Å². The molecule has 0 bridgehead atoms. The van der Waals surface area contributed by atoms with Crippen molar-refractivity contribution in [2.75, 3.05) is 37.4 Å². The van der Waals surface area contributed by atoms with E-state index in [2.05, 4.69) is 16.0 Å². The summed E-state index contributed by atoms with van der Waals surface area (Å²) in [5.74, 6) is -0.180. The van der Waals surface area contributed by atoms with Gasteiger partial charge in [-0.25, -0.2) is 4.79 Å². The zero-order valence-corrected chi connectivity index (χ0v) is 17.6. The maximum atomic E-state index is 12.2. The minimum atomic E-state index is -0.522. The van der Waals surface area contributed by atoms with Crippen molar-refractivity contribution >= 4 is 29.3 Å². The third-order valence-electron chi connectivity index (χ3n) is 3.42. The molecule has 0 aromatic heterocycles. The van der Waals surface area contributed by atoms with E-state index in [0.29, 0.717) is 18.0 Å². The minimum Gasteiger partial charge on any atom is -0.449 e. The van der Waals surface area contributed by atoms with Crippen molar-refractivity contribution in [2.24, 2.45) is 5.92 Å². The van der Waals surface area contributed by atoms with E-state index in [1.807, 2.05) is 34.6 Å². The van der Waals surface area contributed by atoms with Crippen LogP contribution < -0.4 is 16.0 Å². The van der Waals surface area contributed by atoms with Gasteiger partial charge in [0.15, 0.2) is 0 Å². The molecule has 8 nitrogen and oxygen atoms in total.